The SMILES string of the molecule is COCCN(CCCCC1CC=C2CCCN=C2N1)CCC(Nc1ncnc2ccccc12)C(=O)O. The summed E-state index contributed by atoms with van der Waals surface area (Å²) in [5.41, 5.74) is 2.18. The molecule has 0 spiro atoms. The first kappa shape index (κ1) is 26.0. The molecule has 9 heteroatoms. The third kappa shape index (κ3) is 7.24. The minimum absolute atomic E-state index is 0.460. The predicted octanol–water partition coefficient (Wildman–Crippen LogP) is 3.48. The number of ether oxygens (including phenoxy) is 1. The van der Waals surface area contributed by atoms with Crippen LogP contribution >= 0.6 is 0 Å². The molecule has 1 aromatic carbocycles. The van der Waals surface area contributed by atoms with Gasteiger partial charge in [-0.1, -0.05) is 24.6 Å². The van der Waals surface area contributed by atoms with Gasteiger partial charge in [-0.05, 0) is 62.8 Å². The van der Waals surface area contributed by atoms with Crippen molar-refractivity contribution in [2.45, 2.75) is 57.0 Å². The first-order chi connectivity index (χ1) is 17.6. The zero-order valence-corrected chi connectivity index (χ0v) is 21.2. The monoisotopic (exact) mass is 494 g/mol. The van der Waals surface area contributed by atoms with E-state index in [-0.39, 0.29) is 0 Å². The lowest BCUT2D eigenvalue weighted by atomic mass is 9.95. The van der Waals surface area contributed by atoms with Crippen molar-refractivity contribution in [2.75, 3.05) is 45.2 Å². The third-order valence-corrected chi connectivity index (χ3v) is 6.94. The topological polar surface area (TPSA) is 112 Å². The number of unbranched alkanes of at least 4 members (excludes halogenated alkanes) is 1. The maximum Gasteiger partial charge on any atom is 0.326 e. The Morgan fingerprint density at radius 3 is 3.00 bits per heavy atom. The maximum atomic E-state index is 12.0. The van der Waals surface area contributed by atoms with Gasteiger partial charge >= 0.3 is 5.97 Å². The summed E-state index contributed by atoms with van der Waals surface area (Å²) in [6.45, 7) is 3.92. The number of aliphatic carboxylic acids is 1. The van der Waals surface area contributed by atoms with Crippen LogP contribution in [0, 0.1) is 0 Å². The van der Waals surface area contributed by atoms with Crippen molar-refractivity contribution in [2.24, 2.45) is 4.99 Å². The Labute approximate surface area is 213 Å². The van der Waals surface area contributed by atoms with Gasteiger partial charge in [-0.25, -0.2) is 14.8 Å². The standard InChI is InChI=1S/C27H38N6O3/c1-36-18-17-33(15-5-4-8-21-12-11-20-7-6-14-28-25(20)31-21)16-13-24(27(34)35)32-26-22-9-2-3-10-23(22)29-19-30-26/h2-3,9-11,19,21,24H,4-8,12-18H2,1H3,(H,28,31)(H,34,35)(H,29,30,32). The van der Waals surface area contributed by atoms with Gasteiger partial charge in [0.05, 0.1) is 12.1 Å². The van der Waals surface area contributed by atoms with Crippen molar-refractivity contribution < 1.29 is 14.6 Å². The molecule has 1 aromatic heterocycles. The number of hydrogen-bond acceptors (Lipinski definition) is 8. The highest BCUT2D eigenvalue weighted by molar-refractivity contribution is 5.99. The lowest BCUT2D eigenvalue weighted by molar-refractivity contribution is -0.138. The normalized spacial score (nSPS) is 18.2. The number of aromatic nitrogens is 2. The second kappa shape index (κ2) is 13.3. The van der Waals surface area contributed by atoms with Crippen LogP contribution in [0.5, 0.6) is 0 Å². The van der Waals surface area contributed by atoms with Crippen LogP contribution in [0.25, 0.3) is 10.9 Å². The fourth-order valence-corrected chi connectivity index (χ4v) is 4.88. The van der Waals surface area contributed by atoms with Crippen LogP contribution < -0.4 is 10.6 Å². The van der Waals surface area contributed by atoms with Crippen LogP contribution in [-0.4, -0.2) is 83.8 Å². The number of carboxylic acids is 1. The predicted molar refractivity (Wildman–Crippen MR) is 143 cm³/mol. The summed E-state index contributed by atoms with van der Waals surface area (Å²) in [6, 6.07) is 7.33. The molecule has 194 valence electrons. The molecule has 0 saturated carbocycles. The minimum atomic E-state index is -0.884. The Kier molecular flexibility index (Phi) is 9.63. The summed E-state index contributed by atoms with van der Waals surface area (Å²) < 4.78 is 5.30. The number of fused-ring (bicyclic) bond motifs is 2. The first-order valence-corrected chi connectivity index (χ1v) is 13.0. The van der Waals surface area contributed by atoms with E-state index in [9.17, 15) is 9.90 Å². The van der Waals surface area contributed by atoms with E-state index in [0.717, 1.165) is 74.9 Å². The number of anilines is 1. The second-order valence-electron chi connectivity index (χ2n) is 9.53. The summed E-state index contributed by atoms with van der Waals surface area (Å²) in [5, 5.41) is 17.4. The van der Waals surface area contributed by atoms with Crippen molar-refractivity contribution in [1.82, 2.24) is 20.2 Å². The number of carboxylic acid groups (broad SMARTS) is 1. The molecule has 2 atom stereocenters. The average molecular weight is 495 g/mol. The quantitative estimate of drug-likeness (QED) is 0.342. The largest absolute Gasteiger partial charge is 0.480 e. The molecule has 36 heavy (non-hydrogen) atoms. The van der Waals surface area contributed by atoms with Crippen LogP contribution in [0.1, 0.15) is 44.9 Å². The van der Waals surface area contributed by atoms with E-state index in [0.29, 0.717) is 31.4 Å². The van der Waals surface area contributed by atoms with E-state index >= 15 is 0 Å². The zero-order valence-electron chi connectivity index (χ0n) is 21.2. The van der Waals surface area contributed by atoms with Gasteiger partial charge in [0, 0.05) is 38.2 Å². The molecule has 0 fully saturated rings. The van der Waals surface area contributed by atoms with Gasteiger partial charge in [-0.15, -0.1) is 0 Å². The first-order valence-electron chi connectivity index (χ1n) is 13.0. The molecule has 4 rings (SSSR count). The number of para-hydroxylation sites is 1. The Morgan fingerprint density at radius 1 is 1.25 bits per heavy atom. The van der Waals surface area contributed by atoms with E-state index in [4.69, 9.17) is 4.74 Å². The molecule has 0 radical (unpaired) electrons. The number of hydrogen-bond donors (Lipinski definition) is 3. The minimum Gasteiger partial charge on any atom is -0.480 e. The van der Waals surface area contributed by atoms with Crippen molar-refractivity contribution >= 4 is 28.5 Å². The van der Waals surface area contributed by atoms with Gasteiger partial charge < -0.3 is 25.4 Å². The molecule has 0 bridgehead atoms. The van der Waals surface area contributed by atoms with Crippen LogP contribution in [0.15, 0.2) is 47.2 Å². The maximum absolute atomic E-state index is 12.0. The Balaban J connectivity index is 1.26. The van der Waals surface area contributed by atoms with Crippen LogP contribution in [0.3, 0.4) is 0 Å². The number of amidine groups is 1. The van der Waals surface area contributed by atoms with Crippen LogP contribution in [-0.2, 0) is 9.53 Å². The van der Waals surface area contributed by atoms with Gasteiger partial charge in [-0.3, -0.25) is 4.99 Å². The third-order valence-electron chi connectivity index (χ3n) is 6.94. The van der Waals surface area contributed by atoms with E-state index in [1.807, 2.05) is 24.3 Å². The Bertz CT molecular complexity index is 1070. The lowest BCUT2D eigenvalue weighted by Gasteiger charge is -2.29. The van der Waals surface area contributed by atoms with Crippen molar-refractivity contribution in [3.63, 3.8) is 0 Å². The number of nitrogens with zero attached hydrogens (tertiary/aromatic N) is 4. The van der Waals surface area contributed by atoms with E-state index in [2.05, 4.69) is 36.6 Å². The lowest BCUT2D eigenvalue weighted by Crippen LogP contribution is -2.40. The van der Waals surface area contributed by atoms with E-state index in [1.165, 1.54) is 11.9 Å². The fourth-order valence-electron chi connectivity index (χ4n) is 4.88. The molecular weight excluding hydrogens is 456 g/mol. The van der Waals surface area contributed by atoms with E-state index in [1.54, 1.807) is 7.11 Å². The number of aliphatic imine (C=N–C) groups is 1. The second-order valence-corrected chi connectivity index (χ2v) is 9.53. The number of carbonyl (C=O) groups is 1. The number of rotatable bonds is 14. The molecule has 3 N–H and O–H groups in total. The molecule has 2 aromatic rings. The Morgan fingerprint density at radius 2 is 2.14 bits per heavy atom. The molecule has 2 aliphatic rings. The number of methoxy groups -OCH3 is 1. The molecule has 0 saturated heterocycles. The average Bonchev–Trinajstić information content (AvgIpc) is 2.91. The van der Waals surface area contributed by atoms with Crippen molar-refractivity contribution in [1.29, 1.82) is 0 Å². The number of benzene rings is 1. The Hall–Kier alpha value is -3.04. The van der Waals surface area contributed by atoms with Crippen LogP contribution in [0.2, 0.25) is 0 Å². The summed E-state index contributed by atoms with van der Waals surface area (Å²) in [4.78, 5) is 27.5. The summed E-state index contributed by atoms with van der Waals surface area (Å²) in [7, 11) is 1.70. The molecule has 3 heterocycles. The summed E-state index contributed by atoms with van der Waals surface area (Å²) >= 11 is 0. The highest BCUT2D eigenvalue weighted by Gasteiger charge is 2.22. The van der Waals surface area contributed by atoms with Gasteiger partial charge in [0.25, 0.3) is 0 Å². The summed E-state index contributed by atoms with van der Waals surface area (Å²) in [5.74, 6) is 0.782. The van der Waals surface area contributed by atoms with Crippen molar-refractivity contribution in [3.8, 4) is 0 Å². The van der Waals surface area contributed by atoms with Gasteiger partial charge in [0.2, 0.25) is 0 Å². The molecular formula is C27H38N6O3. The fraction of sp³-hybridized carbons (Fsp3) is 0.556. The van der Waals surface area contributed by atoms with Crippen LogP contribution in [0.4, 0.5) is 5.82 Å². The van der Waals surface area contributed by atoms with Gasteiger partial charge in [-0.2, -0.15) is 0 Å². The zero-order chi connectivity index (χ0) is 25.2. The van der Waals surface area contributed by atoms with Gasteiger partial charge in [0.15, 0.2) is 0 Å². The highest BCUT2D eigenvalue weighted by Crippen LogP contribution is 2.21. The van der Waals surface area contributed by atoms with E-state index < -0.39 is 12.0 Å². The number of nitrogens with one attached hydrogen (secondary N) is 2. The molecule has 2 aliphatic heterocycles. The smallest absolute Gasteiger partial charge is 0.326 e. The van der Waals surface area contributed by atoms with Crippen molar-refractivity contribution in [3.05, 3.63) is 42.2 Å². The molecule has 0 amide bonds. The summed E-state index contributed by atoms with van der Waals surface area (Å²) in [6.07, 6.45) is 11.0. The van der Waals surface area contributed by atoms with Gasteiger partial charge in [0.1, 0.15) is 24.0 Å². The molecule has 0 aliphatic carbocycles. The molecule has 9 nitrogen and oxygen atoms in total. The molecule has 2 unspecified atom stereocenters. The highest BCUT2D eigenvalue weighted by atomic mass is 16.5.